The Hall–Kier alpha value is -1.33. The molecule has 5 rings (SSSR count). The molecule has 1 aliphatic carbocycles. The molecule has 1 aromatic carbocycles. The number of nitrogens with one attached hydrogen (secondary N) is 1. The van der Waals surface area contributed by atoms with Crippen molar-refractivity contribution in [2.45, 2.75) is 50.4 Å². The number of nitrogens with zero attached hydrogens (tertiary/aromatic N) is 2. The summed E-state index contributed by atoms with van der Waals surface area (Å²) >= 11 is 6.24. The number of aliphatic imine (C=N–C) groups is 1. The van der Waals surface area contributed by atoms with Crippen LogP contribution in [0, 0.1) is 17.7 Å². The van der Waals surface area contributed by atoms with E-state index in [0.29, 0.717) is 34.6 Å². The third-order valence-electron chi connectivity index (χ3n) is 6.54. The van der Waals surface area contributed by atoms with Crippen molar-refractivity contribution in [1.29, 1.82) is 0 Å². The van der Waals surface area contributed by atoms with Crippen LogP contribution in [0.5, 0.6) is 0 Å². The van der Waals surface area contributed by atoms with E-state index < -0.39 is 0 Å². The highest BCUT2D eigenvalue weighted by Crippen LogP contribution is 2.48. The minimum Gasteiger partial charge on any atom is -0.374 e. The first kappa shape index (κ1) is 16.8. The normalized spacial score (nSPS) is 38.0. The summed E-state index contributed by atoms with van der Waals surface area (Å²) in [6, 6.07) is 5.14. The van der Waals surface area contributed by atoms with E-state index in [-0.39, 0.29) is 17.8 Å². The molecule has 1 saturated carbocycles. The van der Waals surface area contributed by atoms with Crippen LogP contribution in [-0.2, 0) is 4.74 Å². The zero-order valence-corrected chi connectivity index (χ0v) is 15.8. The third-order valence-corrected chi connectivity index (χ3v) is 6.87. The largest absolute Gasteiger partial charge is 0.374 e. The fourth-order valence-corrected chi connectivity index (χ4v) is 5.53. The van der Waals surface area contributed by atoms with Crippen LogP contribution >= 0.6 is 11.6 Å². The first-order valence-corrected chi connectivity index (χ1v) is 10.2. The highest BCUT2D eigenvalue weighted by molar-refractivity contribution is 6.31. The lowest BCUT2D eigenvalue weighted by Gasteiger charge is -2.24. The minimum absolute atomic E-state index is 0.132. The molecule has 6 atom stereocenters. The lowest BCUT2D eigenvalue weighted by atomic mass is 9.82. The van der Waals surface area contributed by atoms with Gasteiger partial charge in [0.15, 0.2) is 5.96 Å². The van der Waals surface area contributed by atoms with Gasteiger partial charge in [0.05, 0.1) is 12.2 Å². The molecular weight excluding hydrogens is 353 g/mol. The number of benzene rings is 1. The molecule has 1 aromatic rings. The van der Waals surface area contributed by atoms with Crippen molar-refractivity contribution in [3.8, 4) is 0 Å². The van der Waals surface area contributed by atoms with Gasteiger partial charge in [-0.05, 0) is 38.3 Å². The molecule has 4 aliphatic rings. The third kappa shape index (κ3) is 2.71. The van der Waals surface area contributed by atoms with Crippen molar-refractivity contribution < 1.29 is 9.13 Å². The fourth-order valence-electron chi connectivity index (χ4n) is 5.22. The SMILES string of the molecule is CCN=C(NC1CC1c1c(F)cccc1Cl)N1CC2C3CCC(O3)C2C1. The number of likely N-dealkylation sites (tertiary alicyclic amines) is 1. The maximum absolute atomic E-state index is 14.2. The lowest BCUT2D eigenvalue weighted by Crippen LogP contribution is -2.42. The smallest absolute Gasteiger partial charge is 0.194 e. The molecule has 140 valence electrons. The number of guanidine groups is 1. The number of ether oxygens (including phenoxy) is 1. The fraction of sp³-hybridized carbons (Fsp3) is 0.650. The van der Waals surface area contributed by atoms with Crippen molar-refractivity contribution in [2.75, 3.05) is 19.6 Å². The van der Waals surface area contributed by atoms with Gasteiger partial charge < -0.3 is 15.0 Å². The van der Waals surface area contributed by atoms with Gasteiger partial charge in [-0.3, -0.25) is 4.99 Å². The molecular formula is C20H25ClFN3O. The molecule has 3 saturated heterocycles. The Morgan fingerprint density at radius 1 is 1.31 bits per heavy atom. The number of hydrogen-bond acceptors (Lipinski definition) is 2. The molecule has 1 N–H and O–H groups in total. The average Bonchev–Trinajstić information content (AvgIpc) is 3.01. The maximum Gasteiger partial charge on any atom is 0.194 e. The summed E-state index contributed by atoms with van der Waals surface area (Å²) in [6.07, 6.45) is 4.22. The van der Waals surface area contributed by atoms with Crippen LogP contribution in [0.1, 0.15) is 37.7 Å². The van der Waals surface area contributed by atoms with Gasteiger partial charge in [0.1, 0.15) is 5.82 Å². The summed E-state index contributed by atoms with van der Waals surface area (Å²) in [7, 11) is 0. The molecule has 3 aliphatic heterocycles. The van der Waals surface area contributed by atoms with Gasteiger partial charge in [-0.1, -0.05) is 17.7 Å². The van der Waals surface area contributed by atoms with Crippen molar-refractivity contribution in [3.05, 3.63) is 34.6 Å². The van der Waals surface area contributed by atoms with Gasteiger partial charge in [0, 0.05) is 54.0 Å². The number of hydrogen-bond donors (Lipinski definition) is 1. The van der Waals surface area contributed by atoms with Crippen molar-refractivity contribution in [3.63, 3.8) is 0 Å². The van der Waals surface area contributed by atoms with Crippen LogP contribution in [-0.4, -0.2) is 48.7 Å². The standard InChI is InChI=1S/C20H25ClFN3O/c1-2-23-20(25-9-12-13(10-25)18-7-6-17(12)26-18)24-16-8-11(16)19-14(21)4-3-5-15(19)22/h3-5,11-13,16-18H,2,6-10H2,1H3,(H,23,24). The topological polar surface area (TPSA) is 36.9 Å². The van der Waals surface area contributed by atoms with Crippen LogP contribution in [0.3, 0.4) is 0 Å². The molecule has 3 heterocycles. The molecule has 0 amide bonds. The predicted molar refractivity (Wildman–Crippen MR) is 100 cm³/mol. The second-order valence-electron chi connectivity index (χ2n) is 8.05. The Bertz CT molecular complexity index is 704. The van der Waals surface area contributed by atoms with Crippen molar-refractivity contribution in [2.24, 2.45) is 16.8 Å². The number of halogens is 2. The Morgan fingerprint density at radius 2 is 2.04 bits per heavy atom. The van der Waals surface area contributed by atoms with E-state index in [9.17, 15) is 4.39 Å². The first-order chi connectivity index (χ1) is 12.7. The van der Waals surface area contributed by atoms with E-state index in [4.69, 9.17) is 21.3 Å². The Morgan fingerprint density at radius 3 is 2.69 bits per heavy atom. The summed E-state index contributed by atoms with van der Waals surface area (Å²) in [4.78, 5) is 7.11. The summed E-state index contributed by atoms with van der Waals surface area (Å²) in [5.41, 5.74) is 0.646. The lowest BCUT2D eigenvalue weighted by molar-refractivity contribution is 0.0767. The Labute approximate surface area is 158 Å². The number of rotatable bonds is 3. The summed E-state index contributed by atoms with van der Waals surface area (Å²) in [5.74, 6) is 2.20. The summed E-state index contributed by atoms with van der Waals surface area (Å²) < 4.78 is 20.3. The van der Waals surface area contributed by atoms with Gasteiger partial charge in [-0.15, -0.1) is 0 Å². The van der Waals surface area contributed by atoms with Crippen LogP contribution in [0.15, 0.2) is 23.2 Å². The highest BCUT2D eigenvalue weighted by atomic mass is 35.5. The van der Waals surface area contributed by atoms with Crippen molar-refractivity contribution >= 4 is 17.6 Å². The molecule has 26 heavy (non-hydrogen) atoms. The number of fused-ring (bicyclic) bond motifs is 5. The van der Waals surface area contributed by atoms with Crippen molar-refractivity contribution in [1.82, 2.24) is 10.2 Å². The van der Waals surface area contributed by atoms with E-state index in [2.05, 4.69) is 17.1 Å². The van der Waals surface area contributed by atoms with E-state index in [1.807, 2.05) is 0 Å². The van der Waals surface area contributed by atoms with Crippen LogP contribution in [0.4, 0.5) is 4.39 Å². The van der Waals surface area contributed by atoms with Gasteiger partial charge >= 0.3 is 0 Å². The van der Waals surface area contributed by atoms with E-state index in [1.54, 1.807) is 12.1 Å². The molecule has 6 heteroatoms. The zero-order valence-electron chi connectivity index (χ0n) is 15.0. The zero-order chi connectivity index (χ0) is 17.8. The van der Waals surface area contributed by atoms with Crippen LogP contribution < -0.4 is 5.32 Å². The summed E-state index contributed by atoms with van der Waals surface area (Å²) in [6.45, 7) is 4.85. The van der Waals surface area contributed by atoms with E-state index >= 15 is 0 Å². The van der Waals surface area contributed by atoms with Gasteiger partial charge in [0.2, 0.25) is 0 Å². The molecule has 0 radical (unpaired) electrons. The van der Waals surface area contributed by atoms with Gasteiger partial charge in [-0.25, -0.2) is 4.39 Å². The van der Waals surface area contributed by atoms with Crippen LogP contribution in [0.2, 0.25) is 5.02 Å². The first-order valence-electron chi connectivity index (χ1n) is 9.81. The molecule has 4 fully saturated rings. The van der Waals surface area contributed by atoms with E-state index in [1.165, 1.54) is 18.9 Å². The predicted octanol–water partition coefficient (Wildman–Crippen LogP) is 3.41. The van der Waals surface area contributed by atoms with Gasteiger partial charge in [0.25, 0.3) is 0 Å². The molecule has 0 aromatic heterocycles. The van der Waals surface area contributed by atoms with E-state index in [0.717, 1.165) is 32.0 Å². The quantitative estimate of drug-likeness (QED) is 0.648. The van der Waals surface area contributed by atoms with Crippen LogP contribution in [0.25, 0.3) is 0 Å². The highest BCUT2D eigenvalue weighted by Gasteiger charge is 2.54. The monoisotopic (exact) mass is 377 g/mol. The summed E-state index contributed by atoms with van der Waals surface area (Å²) in [5, 5.41) is 4.11. The second kappa shape index (κ2) is 6.38. The maximum atomic E-state index is 14.2. The Kier molecular flexibility index (Phi) is 4.13. The van der Waals surface area contributed by atoms with Gasteiger partial charge in [-0.2, -0.15) is 0 Å². The minimum atomic E-state index is -0.204. The average molecular weight is 378 g/mol. The molecule has 2 bridgehead atoms. The molecule has 6 unspecified atom stereocenters. The second-order valence-corrected chi connectivity index (χ2v) is 8.46. The molecule has 4 nitrogen and oxygen atoms in total. The Balaban J connectivity index is 1.28. The molecule has 0 spiro atoms.